The molecule has 0 aliphatic heterocycles. The molecule has 0 bridgehead atoms. The molecule has 0 aliphatic carbocycles. The van der Waals surface area contributed by atoms with Gasteiger partial charge in [0.05, 0.1) is 12.5 Å². The SMILES string of the molecule is OC(COc1cccc(Cl)c1)CC(F)(F)F. The van der Waals surface area contributed by atoms with E-state index < -0.39 is 25.3 Å². The summed E-state index contributed by atoms with van der Waals surface area (Å²) >= 11 is 5.64. The zero-order chi connectivity index (χ0) is 12.2. The van der Waals surface area contributed by atoms with Gasteiger partial charge in [-0.1, -0.05) is 17.7 Å². The van der Waals surface area contributed by atoms with Crippen LogP contribution in [0, 0.1) is 0 Å². The van der Waals surface area contributed by atoms with Gasteiger partial charge in [0.1, 0.15) is 12.4 Å². The second-order valence-electron chi connectivity index (χ2n) is 3.24. The molecular formula is C10H10ClF3O2. The average Bonchev–Trinajstić information content (AvgIpc) is 2.12. The van der Waals surface area contributed by atoms with Gasteiger partial charge in [-0.25, -0.2) is 0 Å². The van der Waals surface area contributed by atoms with E-state index >= 15 is 0 Å². The molecule has 2 nitrogen and oxygen atoms in total. The number of aliphatic hydroxyl groups is 1. The summed E-state index contributed by atoms with van der Waals surface area (Å²) in [5, 5.41) is 9.46. The molecule has 90 valence electrons. The first-order valence-electron chi connectivity index (χ1n) is 4.50. The van der Waals surface area contributed by atoms with Crippen molar-refractivity contribution in [2.75, 3.05) is 6.61 Å². The van der Waals surface area contributed by atoms with Crippen LogP contribution in [-0.2, 0) is 0 Å². The van der Waals surface area contributed by atoms with Crippen LogP contribution in [0.2, 0.25) is 5.02 Å². The largest absolute Gasteiger partial charge is 0.491 e. The third-order valence-electron chi connectivity index (χ3n) is 1.71. The predicted molar refractivity (Wildman–Crippen MR) is 53.6 cm³/mol. The van der Waals surface area contributed by atoms with E-state index in [0.717, 1.165) is 0 Å². The van der Waals surface area contributed by atoms with Crippen molar-refractivity contribution in [3.05, 3.63) is 29.3 Å². The summed E-state index contributed by atoms with van der Waals surface area (Å²) in [7, 11) is 0. The molecule has 1 rings (SSSR count). The van der Waals surface area contributed by atoms with Gasteiger partial charge in [0, 0.05) is 5.02 Å². The highest BCUT2D eigenvalue weighted by molar-refractivity contribution is 6.30. The number of hydrogen-bond donors (Lipinski definition) is 1. The van der Waals surface area contributed by atoms with Gasteiger partial charge >= 0.3 is 6.18 Å². The summed E-state index contributed by atoms with van der Waals surface area (Å²) in [6, 6.07) is 6.22. The highest BCUT2D eigenvalue weighted by atomic mass is 35.5. The fraction of sp³-hybridized carbons (Fsp3) is 0.400. The molecule has 16 heavy (non-hydrogen) atoms. The third-order valence-corrected chi connectivity index (χ3v) is 1.94. The van der Waals surface area contributed by atoms with Crippen molar-refractivity contribution in [3.8, 4) is 5.75 Å². The minimum atomic E-state index is -4.39. The highest BCUT2D eigenvalue weighted by Gasteiger charge is 2.31. The summed E-state index contributed by atoms with van der Waals surface area (Å²) in [5.41, 5.74) is 0. The minimum absolute atomic E-state index is 0.328. The van der Waals surface area contributed by atoms with Gasteiger partial charge in [0.25, 0.3) is 0 Å². The van der Waals surface area contributed by atoms with Gasteiger partial charge in [-0.15, -0.1) is 0 Å². The maximum Gasteiger partial charge on any atom is 0.391 e. The van der Waals surface area contributed by atoms with Crippen LogP contribution in [0.3, 0.4) is 0 Å². The molecule has 0 radical (unpaired) electrons. The van der Waals surface area contributed by atoms with Crippen molar-refractivity contribution in [1.82, 2.24) is 0 Å². The lowest BCUT2D eigenvalue weighted by Crippen LogP contribution is -2.25. The number of halogens is 4. The zero-order valence-electron chi connectivity index (χ0n) is 8.17. The Bertz CT molecular complexity index is 341. The van der Waals surface area contributed by atoms with E-state index in [4.69, 9.17) is 21.4 Å². The fourth-order valence-electron chi connectivity index (χ4n) is 1.08. The molecular weight excluding hydrogens is 245 g/mol. The lowest BCUT2D eigenvalue weighted by Gasteiger charge is -2.14. The first kappa shape index (κ1) is 13.1. The summed E-state index contributed by atoms with van der Waals surface area (Å²) < 4.78 is 40.5. The monoisotopic (exact) mass is 254 g/mol. The minimum Gasteiger partial charge on any atom is -0.491 e. The Labute approximate surface area is 95.6 Å². The molecule has 1 aromatic rings. The summed E-state index contributed by atoms with van der Waals surface area (Å²) in [6.07, 6.45) is -7.25. The van der Waals surface area contributed by atoms with Crippen LogP contribution >= 0.6 is 11.6 Å². The van der Waals surface area contributed by atoms with E-state index in [2.05, 4.69) is 0 Å². The maximum absolute atomic E-state index is 11.9. The Morgan fingerprint density at radius 1 is 1.38 bits per heavy atom. The molecule has 1 N–H and O–H groups in total. The van der Waals surface area contributed by atoms with E-state index in [0.29, 0.717) is 10.8 Å². The first-order valence-corrected chi connectivity index (χ1v) is 4.88. The summed E-state index contributed by atoms with van der Waals surface area (Å²) in [5.74, 6) is 0.328. The molecule has 0 saturated carbocycles. The van der Waals surface area contributed by atoms with Crippen LogP contribution in [0.25, 0.3) is 0 Å². The Morgan fingerprint density at radius 3 is 2.62 bits per heavy atom. The van der Waals surface area contributed by atoms with Gasteiger partial charge in [-0.3, -0.25) is 0 Å². The van der Waals surface area contributed by atoms with Crippen molar-refractivity contribution in [3.63, 3.8) is 0 Å². The zero-order valence-corrected chi connectivity index (χ0v) is 8.92. The summed E-state index contributed by atoms with van der Waals surface area (Å²) in [4.78, 5) is 0. The van der Waals surface area contributed by atoms with Gasteiger partial charge < -0.3 is 9.84 Å². The summed E-state index contributed by atoms with van der Waals surface area (Å²) in [6.45, 7) is -0.417. The topological polar surface area (TPSA) is 29.5 Å². The molecule has 0 aromatic heterocycles. The van der Waals surface area contributed by atoms with Gasteiger partial charge in [0.15, 0.2) is 0 Å². The van der Waals surface area contributed by atoms with E-state index in [1.165, 1.54) is 6.07 Å². The average molecular weight is 255 g/mol. The molecule has 1 unspecified atom stereocenters. The van der Waals surface area contributed by atoms with E-state index in [9.17, 15) is 13.2 Å². The number of rotatable bonds is 4. The number of hydrogen-bond acceptors (Lipinski definition) is 2. The number of benzene rings is 1. The van der Waals surface area contributed by atoms with Gasteiger partial charge in [-0.2, -0.15) is 13.2 Å². The Kier molecular flexibility index (Phi) is 4.44. The fourth-order valence-corrected chi connectivity index (χ4v) is 1.26. The lowest BCUT2D eigenvalue weighted by atomic mass is 10.2. The van der Waals surface area contributed by atoms with Crippen molar-refractivity contribution in [2.45, 2.75) is 18.7 Å². The van der Waals surface area contributed by atoms with E-state index in [-0.39, 0.29) is 0 Å². The first-order chi connectivity index (χ1) is 7.37. The van der Waals surface area contributed by atoms with Crippen LogP contribution in [0.4, 0.5) is 13.2 Å². The second-order valence-corrected chi connectivity index (χ2v) is 3.68. The van der Waals surface area contributed by atoms with E-state index in [1.54, 1.807) is 18.2 Å². The Hall–Kier alpha value is -0.940. The van der Waals surface area contributed by atoms with Crippen molar-refractivity contribution in [2.24, 2.45) is 0 Å². The number of aliphatic hydroxyl groups excluding tert-OH is 1. The molecule has 0 fully saturated rings. The van der Waals surface area contributed by atoms with Crippen LogP contribution in [0.15, 0.2) is 24.3 Å². The van der Waals surface area contributed by atoms with E-state index in [1.807, 2.05) is 0 Å². The molecule has 1 aromatic carbocycles. The molecule has 0 aliphatic rings. The van der Waals surface area contributed by atoms with Gasteiger partial charge in [-0.05, 0) is 18.2 Å². The quantitative estimate of drug-likeness (QED) is 0.895. The van der Waals surface area contributed by atoms with Crippen LogP contribution in [0.5, 0.6) is 5.75 Å². The van der Waals surface area contributed by atoms with Crippen LogP contribution in [-0.4, -0.2) is 24.0 Å². The number of alkyl halides is 3. The standard InChI is InChI=1S/C10H10ClF3O2/c11-7-2-1-3-9(4-7)16-6-8(15)5-10(12,13)14/h1-4,8,15H,5-6H2. The van der Waals surface area contributed by atoms with Gasteiger partial charge in [0.2, 0.25) is 0 Å². The van der Waals surface area contributed by atoms with Crippen LogP contribution < -0.4 is 4.74 Å². The predicted octanol–water partition coefficient (Wildman–Crippen LogP) is 3.03. The molecule has 6 heteroatoms. The third kappa shape index (κ3) is 5.23. The maximum atomic E-state index is 11.9. The van der Waals surface area contributed by atoms with Crippen molar-refractivity contribution in [1.29, 1.82) is 0 Å². The molecule has 0 heterocycles. The lowest BCUT2D eigenvalue weighted by molar-refractivity contribution is -0.156. The highest BCUT2D eigenvalue weighted by Crippen LogP contribution is 2.22. The van der Waals surface area contributed by atoms with Crippen molar-refractivity contribution < 1.29 is 23.0 Å². The molecule has 0 spiro atoms. The molecule has 0 amide bonds. The second kappa shape index (κ2) is 5.41. The smallest absolute Gasteiger partial charge is 0.391 e. The Balaban J connectivity index is 2.40. The van der Waals surface area contributed by atoms with Crippen LogP contribution in [0.1, 0.15) is 6.42 Å². The Morgan fingerprint density at radius 2 is 2.06 bits per heavy atom. The normalized spacial score (nSPS) is 13.6. The number of ether oxygens (including phenoxy) is 1. The molecule has 1 atom stereocenters. The molecule has 0 saturated heterocycles. The van der Waals surface area contributed by atoms with Crippen molar-refractivity contribution >= 4 is 11.6 Å².